The van der Waals surface area contributed by atoms with E-state index in [0.717, 1.165) is 5.56 Å². The molecule has 0 bridgehead atoms. The normalized spacial score (nSPS) is 11.1. The number of anilines is 1. The molecule has 0 atom stereocenters. The number of hydrogen-bond acceptors (Lipinski definition) is 3. The lowest BCUT2D eigenvalue weighted by molar-refractivity contribution is -0.121. The molecule has 0 radical (unpaired) electrons. The van der Waals surface area contributed by atoms with Crippen LogP contribution in [0, 0.1) is 6.92 Å². The van der Waals surface area contributed by atoms with E-state index in [2.05, 4.69) is 16.0 Å². The number of likely N-dealkylation sites (N-methyl/N-ethyl adjacent to an activating group) is 1. The van der Waals surface area contributed by atoms with Crippen LogP contribution in [-0.4, -0.2) is 30.9 Å². The van der Waals surface area contributed by atoms with Gasteiger partial charge in [-0.15, -0.1) is 0 Å². The summed E-state index contributed by atoms with van der Waals surface area (Å²) in [4.78, 5) is 23.9. The van der Waals surface area contributed by atoms with Crippen molar-refractivity contribution in [2.45, 2.75) is 33.2 Å². The van der Waals surface area contributed by atoms with Crippen LogP contribution in [0.3, 0.4) is 0 Å². The number of nitrogens with one attached hydrogen (secondary N) is 3. The summed E-state index contributed by atoms with van der Waals surface area (Å²) in [7, 11) is 1.58. The Morgan fingerprint density at radius 1 is 1.25 bits per heavy atom. The summed E-state index contributed by atoms with van der Waals surface area (Å²) in [5, 5.41) is 8.56. The third-order valence-corrected chi connectivity index (χ3v) is 3.16. The van der Waals surface area contributed by atoms with Crippen molar-refractivity contribution in [1.82, 2.24) is 10.6 Å². The van der Waals surface area contributed by atoms with Crippen molar-refractivity contribution in [2.75, 3.05) is 18.9 Å². The van der Waals surface area contributed by atoms with Gasteiger partial charge in [-0.25, -0.2) is 0 Å². The van der Waals surface area contributed by atoms with Gasteiger partial charge in [0.05, 0.1) is 5.54 Å². The highest BCUT2D eigenvalue weighted by Crippen LogP contribution is 2.18. The molecule has 110 valence electrons. The van der Waals surface area contributed by atoms with Crippen LogP contribution in [0.25, 0.3) is 0 Å². The van der Waals surface area contributed by atoms with Crippen LogP contribution in [0.5, 0.6) is 0 Å². The Labute approximate surface area is 120 Å². The first-order chi connectivity index (χ1) is 9.31. The molecule has 0 saturated carbocycles. The number of amides is 2. The van der Waals surface area contributed by atoms with Gasteiger partial charge in [-0.3, -0.25) is 9.59 Å². The molecule has 2 amide bonds. The van der Waals surface area contributed by atoms with E-state index in [4.69, 9.17) is 0 Å². The van der Waals surface area contributed by atoms with Crippen molar-refractivity contribution in [2.24, 2.45) is 0 Å². The van der Waals surface area contributed by atoms with Crippen molar-refractivity contribution in [3.8, 4) is 0 Å². The molecule has 20 heavy (non-hydrogen) atoms. The number of hydrogen-bond donors (Lipinski definition) is 3. The van der Waals surface area contributed by atoms with Crippen molar-refractivity contribution >= 4 is 17.5 Å². The third kappa shape index (κ3) is 3.81. The standard InChI is InChI=1S/C15H23N3O2/c1-6-17-15(3,4)14(20)18-12-9-11(13(19)16-5)8-7-10(12)2/h7-9,17H,6H2,1-5H3,(H,16,19)(H,18,20). The van der Waals surface area contributed by atoms with Gasteiger partial charge >= 0.3 is 0 Å². The Hall–Kier alpha value is -1.88. The molecule has 5 nitrogen and oxygen atoms in total. The van der Waals surface area contributed by atoms with E-state index in [1.807, 2.05) is 33.8 Å². The average molecular weight is 277 g/mol. The van der Waals surface area contributed by atoms with Crippen LogP contribution < -0.4 is 16.0 Å². The fourth-order valence-electron chi connectivity index (χ4n) is 1.84. The predicted molar refractivity (Wildman–Crippen MR) is 81.0 cm³/mol. The lowest BCUT2D eigenvalue weighted by atomic mass is 10.0. The third-order valence-electron chi connectivity index (χ3n) is 3.16. The first kappa shape index (κ1) is 16.2. The van der Waals surface area contributed by atoms with Crippen molar-refractivity contribution in [3.63, 3.8) is 0 Å². The van der Waals surface area contributed by atoms with E-state index in [-0.39, 0.29) is 11.8 Å². The fourth-order valence-corrected chi connectivity index (χ4v) is 1.84. The molecule has 3 N–H and O–H groups in total. The Bertz CT molecular complexity index is 510. The predicted octanol–water partition coefficient (Wildman–Crippen LogP) is 1.68. The number of carbonyl (C=O) groups excluding carboxylic acids is 2. The first-order valence-corrected chi connectivity index (χ1v) is 6.71. The van der Waals surface area contributed by atoms with Gasteiger partial charge in [0.2, 0.25) is 5.91 Å². The van der Waals surface area contributed by atoms with Crippen LogP contribution in [0.15, 0.2) is 18.2 Å². The monoisotopic (exact) mass is 277 g/mol. The number of carbonyl (C=O) groups is 2. The number of rotatable bonds is 5. The summed E-state index contributed by atoms with van der Waals surface area (Å²) in [6.07, 6.45) is 0. The van der Waals surface area contributed by atoms with Crippen molar-refractivity contribution in [3.05, 3.63) is 29.3 Å². The molecular weight excluding hydrogens is 254 g/mol. The molecule has 1 aromatic carbocycles. The zero-order chi connectivity index (χ0) is 15.3. The zero-order valence-corrected chi connectivity index (χ0v) is 12.8. The molecule has 1 rings (SSSR count). The van der Waals surface area contributed by atoms with E-state index in [0.29, 0.717) is 17.8 Å². The van der Waals surface area contributed by atoms with E-state index < -0.39 is 5.54 Å². The SMILES string of the molecule is CCNC(C)(C)C(=O)Nc1cc(C(=O)NC)ccc1C. The minimum Gasteiger partial charge on any atom is -0.355 e. The largest absolute Gasteiger partial charge is 0.355 e. The second-order valence-corrected chi connectivity index (χ2v) is 5.22. The van der Waals surface area contributed by atoms with Crippen LogP contribution in [0.2, 0.25) is 0 Å². The summed E-state index contributed by atoms with van der Waals surface area (Å²) in [6.45, 7) is 8.20. The van der Waals surface area contributed by atoms with Gasteiger partial charge < -0.3 is 16.0 Å². The molecule has 0 aliphatic rings. The minimum absolute atomic E-state index is 0.128. The maximum Gasteiger partial charge on any atom is 0.251 e. The quantitative estimate of drug-likeness (QED) is 0.767. The summed E-state index contributed by atoms with van der Waals surface area (Å²) >= 11 is 0. The van der Waals surface area contributed by atoms with E-state index in [1.165, 1.54) is 0 Å². The highest BCUT2D eigenvalue weighted by molar-refractivity contribution is 6.00. The first-order valence-electron chi connectivity index (χ1n) is 6.71. The Kier molecular flexibility index (Phi) is 5.27. The molecule has 0 spiro atoms. The van der Waals surface area contributed by atoms with Crippen LogP contribution in [-0.2, 0) is 4.79 Å². The summed E-state index contributed by atoms with van der Waals surface area (Å²) in [5.74, 6) is -0.303. The molecule has 5 heteroatoms. The van der Waals surface area contributed by atoms with Gasteiger partial charge in [-0.2, -0.15) is 0 Å². The van der Waals surface area contributed by atoms with Crippen LogP contribution in [0.4, 0.5) is 5.69 Å². The van der Waals surface area contributed by atoms with Crippen LogP contribution in [0.1, 0.15) is 36.7 Å². The maximum atomic E-state index is 12.3. The summed E-state index contributed by atoms with van der Waals surface area (Å²) in [5.41, 5.74) is 1.43. The number of benzene rings is 1. The molecular formula is C15H23N3O2. The number of aryl methyl sites for hydroxylation is 1. The Morgan fingerprint density at radius 2 is 1.90 bits per heavy atom. The molecule has 0 saturated heterocycles. The molecule has 0 aliphatic heterocycles. The second-order valence-electron chi connectivity index (χ2n) is 5.22. The van der Waals surface area contributed by atoms with Crippen molar-refractivity contribution in [1.29, 1.82) is 0 Å². The topological polar surface area (TPSA) is 70.2 Å². The molecule has 0 aliphatic carbocycles. The van der Waals surface area contributed by atoms with Crippen molar-refractivity contribution < 1.29 is 9.59 Å². The van der Waals surface area contributed by atoms with Gasteiger partial charge in [-0.1, -0.05) is 13.0 Å². The Balaban J connectivity index is 2.97. The summed E-state index contributed by atoms with van der Waals surface area (Å²) < 4.78 is 0. The molecule has 0 heterocycles. The lowest BCUT2D eigenvalue weighted by Gasteiger charge is -2.25. The van der Waals surface area contributed by atoms with Crippen LogP contribution >= 0.6 is 0 Å². The maximum absolute atomic E-state index is 12.3. The average Bonchev–Trinajstić information content (AvgIpc) is 2.40. The van der Waals surface area contributed by atoms with Gasteiger partial charge in [0.25, 0.3) is 5.91 Å². The molecule has 0 unspecified atom stereocenters. The fraction of sp³-hybridized carbons (Fsp3) is 0.467. The highest BCUT2D eigenvalue weighted by Gasteiger charge is 2.26. The van der Waals surface area contributed by atoms with Gasteiger partial charge in [0, 0.05) is 18.3 Å². The van der Waals surface area contributed by atoms with Gasteiger partial charge in [-0.05, 0) is 45.0 Å². The highest BCUT2D eigenvalue weighted by atomic mass is 16.2. The van der Waals surface area contributed by atoms with E-state index in [1.54, 1.807) is 19.2 Å². The molecule has 0 aromatic heterocycles. The minimum atomic E-state index is -0.662. The van der Waals surface area contributed by atoms with Gasteiger partial charge in [0.15, 0.2) is 0 Å². The summed E-state index contributed by atoms with van der Waals surface area (Å²) in [6, 6.07) is 5.24. The Morgan fingerprint density at radius 3 is 2.45 bits per heavy atom. The lowest BCUT2D eigenvalue weighted by Crippen LogP contribution is -2.49. The van der Waals surface area contributed by atoms with E-state index in [9.17, 15) is 9.59 Å². The second kappa shape index (κ2) is 6.52. The zero-order valence-electron chi connectivity index (χ0n) is 12.8. The van der Waals surface area contributed by atoms with Gasteiger partial charge in [0.1, 0.15) is 0 Å². The van der Waals surface area contributed by atoms with E-state index >= 15 is 0 Å². The molecule has 0 fully saturated rings. The smallest absolute Gasteiger partial charge is 0.251 e. The molecule has 1 aromatic rings.